The molecule has 1 aromatic heterocycles. The highest BCUT2D eigenvalue weighted by atomic mass is 35.5. The molecule has 1 amide bonds. The van der Waals surface area contributed by atoms with Gasteiger partial charge in [-0.1, -0.05) is 24.4 Å². The van der Waals surface area contributed by atoms with E-state index in [0.29, 0.717) is 16.8 Å². The number of hydrogen-bond donors (Lipinski definition) is 0. The third-order valence-electron chi connectivity index (χ3n) is 3.20. The van der Waals surface area contributed by atoms with Gasteiger partial charge in [-0.2, -0.15) is 0 Å². The van der Waals surface area contributed by atoms with Crippen molar-refractivity contribution in [3.05, 3.63) is 23.0 Å². The smallest absolute Gasteiger partial charge is 0.274 e. The van der Waals surface area contributed by atoms with Gasteiger partial charge in [-0.05, 0) is 30.9 Å². The van der Waals surface area contributed by atoms with Crippen LogP contribution in [0.15, 0.2) is 12.1 Å². The number of aromatic nitrogens is 2. The lowest BCUT2D eigenvalue weighted by Crippen LogP contribution is -2.31. The van der Waals surface area contributed by atoms with Crippen molar-refractivity contribution < 1.29 is 4.79 Å². The standard InChI is InChI=1S/C12H16ClN3O/c1-16(8-9-4-2-3-5-9)12(17)10-6-7-11(13)15-14-10/h6-7,9H,2-5,8H2,1H3. The lowest BCUT2D eigenvalue weighted by atomic mass is 10.1. The average molecular weight is 254 g/mol. The fourth-order valence-corrected chi connectivity index (χ4v) is 2.39. The van der Waals surface area contributed by atoms with Gasteiger partial charge in [-0.15, -0.1) is 10.2 Å². The Morgan fingerprint density at radius 1 is 1.41 bits per heavy atom. The topological polar surface area (TPSA) is 46.1 Å². The molecule has 0 saturated heterocycles. The fraction of sp³-hybridized carbons (Fsp3) is 0.583. The lowest BCUT2D eigenvalue weighted by molar-refractivity contribution is 0.0766. The van der Waals surface area contributed by atoms with Crippen molar-refractivity contribution in [2.24, 2.45) is 5.92 Å². The normalized spacial score (nSPS) is 16.1. The summed E-state index contributed by atoms with van der Waals surface area (Å²) in [6, 6.07) is 3.20. The van der Waals surface area contributed by atoms with Crippen LogP contribution in [0.25, 0.3) is 0 Å². The van der Waals surface area contributed by atoms with Crippen LogP contribution in [0.3, 0.4) is 0 Å². The number of carbonyl (C=O) groups excluding carboxylic acids is 1. The third kappa shape index (κ3) is 3.16. The van der Waals surface area contributed by atoms with Crippen LogP contribution >= 0.6 is 11.6 Å². The van der Waals surface area contributed by atoms with Crippen LogP contribution in [0.4, 0.5) is 0 Å². The van der Waals surface area contributed by atoms with Crippen LogP contribution in [0.2, 0.25) is 5.15 Å². The molecule has 0 unspecified atom stereocenters. The van der Waals surface area contributed by atoms with Crippen LogP contribution in [-0.2, 0) is 0 Å². The van der Waals surface area contributed by atoms with Gasteiger partial charge in [-0.3, -0.25) is 4.79 Å². The van der Waals surface area contributed by atoms with Crippen LogP contribution in [0.1, 0.15) is 36.2 Å². The second-order valence-corrected chi connectivity index (χ2v) is 4.96. The zero-order valence-corrected chi connectivity index (χ0v) is 10.7. The van der Waals surface area contributed by atoms with E-state index >= 15 is 0 Å². The highest BCUT2D eigenvalue weighted by Gasteiger charge is 2.20. The summed E-state index contributed by atoms with van der Waals surface area (Å²) in [7, 11) is 1.82. The molecule has 0 atom stereocenters. The van der Waals surface area contributed by atoms with Crippen molar-refractivity contribution in [2.75, 3.05) is 13.6 Å². The van der Waals surface area contributed by atoms with Gasteiger partial charge in [0.1, 0.15) is 0 Å². The van der Waals surface area contributed by atoms with Gasteiger partial charge in [-0.25, -0.2) is 0 Å². The average Bonchev–Trinajstić information content (AvgIpc) is 2.82. The maximum Gasteiger partial charge on any atom is 0.274 e. The molecule has 0 radical (unpaired) electrons. The first kappa shape index (κ1) is 12.3. The molecule has 1 fully saturated rings. The molecule has 0 aliphatic heterocycles. The number of nitrogens with zero attached hydrogens (tertiary/aromatic N) is 3. The Morgan fingerprint density at radius 2 is 2.12 bits per heavy atom. The number of amides is 1. The van der Waals surface area contributed by atoms with E-state index in [1.165, 1.54) is 25.7 Å². The van der Waals surface area contributed by atoms with E-state index in [1.54, 1.807) is 17.0 Å². The summed E-state index contributed by atoms with van der Waals surface area (Å²) in [6.07, 6.45) is 5.02. The minimum atomic E-state index is -0.0823. The van der Waals surface area contributed by atoms with E-state index in [2.05, 4.69) is 10.2 Å². The second-order valence-electron chi connectivity index (χ2n) is 4.58. The molecule has 1 aromatic rings. The predicted octanol–water partition coefficient (Wildman–Crippen LogP) is 2.39. The number of carbonyl (C=O) groups is 1. The van der Waals surface area contributed by atoms with E-state index in [4.69, 9.17) is 11.6 Å². The Bertz CT molecular complexity index is 387. The van der Waals surface area contributed by atoms with Crippen molar-refractivity contribution in [1.82, 2.24) is 15.1 Å². The summed E-state index contributed by atoms with van der Waals surface area (Å²) >= 11 is 5.63. The Kier molecular flexibility index (Phi) is 3.94. The number of rotatable bonds is 3. The Balaban J connectivity index is 1.96. The van der Waals surface area contributed by atoms with E-state index in [1.807, 2.05) is 7.05 Å². The number of hydrogen-bond acceptors (Lipinski definition) is 3. The van der Waals surface area contributed by atoms with Crippen molar-refractivity contribution in [3.63, 3.8) is 0 Å². The summed E-state index contributed by atoms with van der Waals surface area (Å²) in [5.74, 6) is 0.560. The van der Waals surface area contributed by atoms with Gasteiger partial charge < -0.3 is 4.90 Å². The van der Waals surface area contributed by atoms with Gasteiger partial charge in [0.25, 0.3) is 5.91 Å². The first-order chi connectivity index (χ1) is 8.16. The monoisotopic (exact) mass is 253 g/mol. The van der Waals surface area contributed by atoms with Crippen LogP contribution in [0, 0.1) is 5.92 Å². The number of halogens is 1. The second kappa shape index (κ2) is 5.45. The minimum Gasteiger partial charge on any atom is -0.340 e. The van der Waals surface area contributed by atoms with Crippen molar-refractivity contribution in [2.45, 2.75) is 25.7 Å². The zero-order valence-electron chi connectivity index (χ0n) is 9.90. The maximum absolute atomic E-state index is 12.0. The predicted molar refractivity (Wildman–Crippen MR) is 66.0 cm³/mol. The van der Waals surface area contributed by atoms with Gasteiger partial charge >= 0.3 is 0 Å². The van der Waals surface area contributed by atoms with Crippen LogP contribution < -0.4 is 0 Å². The quantitative estimate of drug-likeness (QED) is 0.831. The zero-order chi connectivity index (χ0) is 12.3. The molecule has 1 saturated carbocycles. The Hall–Kier alpha value is -1.16. The van der Waals surface area contributed by atoms with Crippen molar-refractivity contribution >= 4 is 17.5 Å². The molecule has 2 rings (SSSR count). The summed E-state index contributed by atoms with van der Waals surface area (Å²) in [4.78, 5) is 13.8. The van der Waals surface area contributed by atoms with Gasteiger partial charge in [0.2, 0.25) is 0 Å². The Morgan fingerprint density at radius 3 is 2.71 bits per heavy atom. The molecule has 0 bridgehead atoms. The summed E-state index contributed by atoms with van der Waals surface area (Å²) in [5, 5.41) is 7.79. The molecule has 4 nitrogen and oxygen atoms in total. The molecule has 0 N–H and O–H groups in total. The minimum absolute atomic E-state index is 0.0823. The van der Waals surface area contributed by atoms with Crippen LogP contribution in [-0.4, -0.2) is 34.6 Å². The lowest BCUT2D eigenvalue weighted by Gasteiger charge is -2.20. The first-order valence-corrected chi connectivity index (χ1v) is 6.29. The summed E-state index contributed by atoms with van der Waals surface area (Å²) in [5.41, 5.74) is 0.356. The van der Waals surface area contributed by atoms with Gasteiger partial charge in [0.15, 0.2) is 10.8 Å². The third-order valence-corrected chi connectivity index (χ3v) is 3.41. The molecule has 1 aliphatic carbocycles. The summed E-state index contributed by atoms with van der Waals surface area (Å²) in [6.45, 7) is 0.809. The SMILES string of the molecule is CN(CC1CCCC1)C(=O)c1ccc(Cl)nn1. The highest BCUT2D eigenvalue weighted by Crippen LogP contribution is 2.25. The summed E-state index contributed by atoms with van der Waals surface area (Å²) < 4.78 is 0. The van der Waals surface area contributed by atoms with E-state index < -0.39 is 0 Å². The highest BCUT2D eigenvalue weighted by molar-refractivity contribution is 6.29. The largest absolute Gasteiger partial charge is 0.340 e. The molecule has 0 spiro atoms. The van der Waals surface area contributed by atoms with Crippen LogP contribution in [0.5, 0.6) is 0 Å². The van der Waals surface area contributed by atoms with E-state index in [9.17, 15) is 4.79 Å². The van der Waals surface area contributed by atoms with E-state index in [0.717, 1.165) is 6.54 Å². The Labute approximate surface area is 106 Å². The maximum atomic E-state index is 12.0. The molecule has 92 valence electrons. The fourth-order valence-electron chi connectivity index (χ4n) is 2.29. The molecular weight excluding hydrogens is 238 g/mol. The molecule has 1 aliphatic rings. The molecular formula is C12H16ClN3O. The van der Waals surface area contributed by atoms with E-state index in [-0.39, 0.29) is 5.91 Å². The molecule has 17 heavy (non-hydrogen) atoms. The first-order valence-electron chi connectivity index (χ1n) is 5.91. The molecule has 5 heteroatoms. The molecule has 1 heterocycles. The van der Waals surface area contributed by atoms with Gasteiger partial charge in [0.05, 0.1) is 0 Å². The van der Waals surface area contributed by atoms with Gasteiger partial charge in [0, 0.05) is 13.6 Å². The van der Waals surface area contributed by atoms with Crippen molar-refractivity contribution in [3.8, 4) is 0 Å². The molecule has 0 aromatic carbocycles. The van der Waals surface area contributed by atoms with Crippen molar-refractivity contribution in [1.29, 1.82) is 0 Å².